The first-order valence-corrected chi connectivity index (χ1v) is 12.3. The SMILES string of the molecule is CC(=O)O[C@H]1CC[C@@]2(C)C(CC[C@@H]3C2CC[C@]2(C)[C@@H](c4ccc(=O)oc4)[C@H](O)[C@H]4O[C@]342)C1. The van der Waals surface area contributed by atoms with Gasteiger partial charge in [-0.25, -0.2) is 4.79 Å². The number of carbonyl (C=O) groups is 1. The van der Waals surface area contributed by atoms with Crippen molar-refractivity contribution in [2.45, 2.75) is 95.5 Å². The largest absolute Gasteiger partial charge is 0.463 e. The molecule has 1 spiro atoms. The quantitative estimate of drug-likeness (QED) is 0.554. The summed E-state index contributed by atoms with van der Waals surface area (Å²) in [5.41, 5.74) is 0.332. The highest BCUT2D eigenvalue weighted by Crippen LogP contribution is 2.77. The van der Waals surface area contributed by atoms with Crippen molar-refractivity contribution >= 4 is 5.97 Å². The van der Waals surface area contributed by atoms with Crippen molar-refractivity contribution in [1.82, 2.24) is 0 Å². The zero-order chi connectivity index (χ0) is 22.5. The Balaban J connectivity index is 1.31. The van der Waals surface area contributed by atoms with E-state index in [1.54, 1.807) is 6.26 Å². The topological polar surface area (TPSA) is 89.3 Å². The lowest BCUT2D eigenvalue weighted by atomic mass is 9.44. The molecule has 0 bridgehead atoms. The highest BCUT2D eigenvalue weighted by atomic mass is 16.6. The van der Waals surface area contributed by atoms with Gasteiger partial charge in [-0.15, -0.1) is 0 Å². The van der Waals surface area contributed by atoms with Gasteiger partial charge in [0, 0.05) is 24.3 Å². The average Bonchev–Trinajstić information content (AvgIpc) is 3.45. The van der Waals surface area contributed by atoms with E-state index in [1.807, 2.05) is 6.07 Å². The van der Waals surface area contributed by atoms with E-state index in [0.29, 0.717) is 17.8 Å². The van der Waals surface area contributed by atoms with Gasteiger partial charge in [0.15, 0.2) is 0 Å². The van der Waals surface area contributed by atoms with Crippen molar-refractivity contribution in [2.24, 2.45) is 28.6 Å². The molecule has 4 aliphatic carbocycles. The summed E-state index contributed by atoms with van der Waals surface area (Å²) >= 11 is 0. The number of aliphatic hydroxyl groups excluding tert-OH is 1. The van der Waals surface area contributed by atoms with E-state index >= 15 is 0 Å². The van der Waals surface area contributed by atoms with Crippen molar-refractivity contribution in [3.8, 4) is 0 Å². The third kappa shape index (κ3) is 2.54. The molecule has 5 aliphatic rings. The van der Waals surface area contributed by atoms with Crippen LogP contribution in [0.25, 0.3) is 0 Å². The summed E-state index contributed by atoms with van der Waals surface area (Å²) in [6, 6.07) is 3.28. The molecule has 2 heterocycles. The fourth-order valence-corrected chi connectivity index (χ4v) is 9.14. The van der Waals surface area contributed by atoms with Crippen molar-refractivity contribution < 1.29 is 23.8 Å². The molecule has 0 amide bonds. The van der Waals surface area contributed by atoms with Crippen LogP contribution in [0.4, 0.5) is 0 Å². The highest BCUT2D eigenvalue weighted by Gasteiger charge is 2.83. The second kappa shape index (κ2) is 6.69. The van der Waals surface area contributed by atoms with Crippen LogP contribution in [0.1, 0.15) is 77.2 Å². The Hall–Kier alpha value is -1.66. The molecule has 0 aromatic carbocycles. The van der Waals surface area contributed by atoms with Crippen LogP contribution < -0.4 is 5.63 Å². The monoisotopic (exact) mass is 442 g/mol. The lowest BCUT2D eigenvalue weighted by Gasteiger charge is -2.61. The molecule has 2 unspecified atom stereocenters. The number of ether oxygens (including phenoxy) is 2. The van der Waals surface area contributed by atoms with Gasteiger partial charge in [0.25, 0.3) is 0 Å². The van der Waals surface area contributed by atoms with Gasteiger partial charge in [0.05, 0.1) is 12.4 Å². The van der Waals surface area contributed by atoms with E-state index in [9.17, 15) is 14.7 Å². The van der Waals surface area contributed by atoms with Crippen LogP contribution in [-0.4, -0.2) is 35.0 Å². The molecule has 1 N–H and O–H groups in total. The van der Waals surface area contributed by atoms with Gasteiger partial charge in [-0.3, -0.25) is 4.79 Å². The number of carbonyl (C=O) groups excluding carboxylic acids is 1. The maximum Gasteiger partial charge on any atom is 0.335 e. The molecule has 4 saturated carbocycles. The molecule has 6 nitrogen and oxygen atoms in total. The predicted molar refractivity (Wildman–Crippen MR) is 116 cm³/mol. The zero-order valence-electron chi connectivity index (χ0n) is 19.2. The molecular weight excluding hydrogens is 408 g/mol. The van der Waals surface area contributed by atoms with Crippen LogP contribution in [0.15, 0.2) is 27.6 Å². The molecule has 1 saturated heterocycles. The zero-order valence-corrected chi connectivity index (χ0v) is 19.2. The third-order valence-corrected chi connectivity index (χ3v) is 10.5. The normalized spacial score (nSPS) is 51.1. The Morgan fingerprint density at radius 2 is 1.94 bits per heavy atom. The van der Waals surface area contributed by atoms with Gasteiger partial charge in [0.2, 0.25) is 0 Å². The lowest BCUT2D eigenvalue weighted by Crippen LogP contribution is -2.58. The number of aliphatic hydroxyl groups is 1. The number of hydrogen-bond acceptors (Lipinski definition) is 6. The van der Waals surface area contributed by atoms with E-state index < -0.39 is 6.10 Å². The van der Waals surface area contributed by atoms with E-state index in [1.165, 1.54) is 13.0 Å². The first-order chi connectivity index (χ1) is 15.2. The minimum Gasteiger partial charge on any atom is -0.463 e. The van der Waals surface area contributed by atoms with E-state index in [0.717, 1.165) is 50.5 Å². The Morgan fingerprint density at radius 3 is 2.66 bits per heavy atom. The summed E-state index contributed by atoms with van der Waals surface area (Å²) in [5.74, 6) is 1.34. The first-order valence-electron chi connectivity index (χ1n) is 12.3. The molecule has 6 heteroatoms. The number of esters is 1. The average molecular weight is 443 g/mol. The Labute approximate surface area is 188 Å². The Bertz CT molecular complexity index is 982. The highest BCUT2D eigenvalue weighted by molar-refractivity contribution is 5.66. The number of rotatable bonds is 2. The fourth-order valence-electron chi connectivity index (χ4n) is 9.14. The van der Waals surface area contributed by atoms with Crippen molar-refractivity contribution in [1.29, 1.82) is 0 Å². The molecule has 32 heavy (non-hydrogen) atoms. The molecule has 1 aromatic heterocycles. The summed E-state index contributed by atoms with van der Waals surface area (Å²) in [4.78, 5) is 23.0. The van der Waals surface area contributed by atoms with Crippen molar-refractivity contribution in [3.63, 3.8) is 0 Å². The van der Waals surface area contributed by atoms with Crippen LogP contribution in [0.5, 0.6) is 0 Å². The molecular formula is C26H34O6. The Morgan fingerprint density at radius 1 is 1.12 bits per heavy atom. The second-order valence-corrected chi connectivity index (χ2v) is 11.6. The molecule has 5 fully saturated rings. The summed E-state index contributed by atoms with van der Waals surface area (Å²) in [7, 11) is 0. The summed E-state index contributed by atoms with van der Waals surface area (Å²) < 4.78 is 17.3. The first kappa shape index (κ1) is 20.9. The van der Waals surface area contributed by atoms with E-state index in [4.69, 9.17) is 13.9 Å². The minimum atomic E-state index is -0.573. The molecule has 6 rings (SSSR count). The van der Waals surface area contributed by atoms with Crippen LogP contribution in [0.3, 0.4) is 0 Å². The fraction of sp³-hybridized carbons (Fsp3) is 0.769. The van der Waals surface area contributed by atoms with Gasteiger partial charge >= 0.3 is 11.6 Å². The maximum absolute atomic E-state index is 11.5. The number of fused-ring (bicyclic) bond motifs is 3. The molecule has 174 valence electrons. The summed E-state index contributed by atoms with van der Waals surface area (Å²) in [6.07, 6.45) is 8.27. The van der Waals surface area contributed by atoms with Gasteiger partial charge in [-0.1, -0.05) is 13.8 Å². The molecule has 0 radical (unpaired) electrons. The maximum atomic E-state index is 11.5. The minimum absolute atomic E-state index is 0.0597. The molecule has 1 aliphatic heterocycles. The van der Waals surface area contributed by atoms with Crippen LogP contribution in [0, 0.1) is 28.6 Å². The summed E-state index contributed by atoms with van der Waals surface area (Å²) in [5, 5.41) is 11.3. The third-order valence-electron chi connectivity index (χ3n) is 10.5. The van der Waals surface area contributed by atoms with Crippen molar-refractivity contribution in [2.75, 3.05) is 0 Å². The van der Waals surface area contributed by atoms with Crippen LogP contribution in [-0.2, 0) is 14.3 Å². The lowest BCUT2D eigenvalue weighted by molar-refractivity contribution is -0.163. The van der Waals surface area contributed by atoms with E-state index in [2.05, 4.69) is 13.8 Å². The van der Waals surface area contributed by atoms with Gasteiger partial charge in [0.1, 0.15) is 17.8 Å². The summed E-state index contributed by atoms with van der Waals surface area (Å²) in [6.45, 7) is 6.27. The van der Waals surface area contributed by atoms with Crippen LogP contribution >= 0.6 is 0 Å². The molecule has 1 aromatic rings. The second-order valence-electron chi connectivity index (χ2n) is 11.6. The standard InChI is InChI=1S/C26H34O6/c1-14(27)31-17-8-10-24(2)16(12-17)5-6-19-18(24)9-11-25(3)21(15-4-7-20(28)30-13-15)22(29)23-26(19,25)32-23/h4,7,13,16-19,21-23,29H,5-6,8-12H2,1-3H3/t16?,17-,18?,19+,21-,22-,23+,24-,25+,26+/m0/s1. The molecule has 10 atom stereocenters. The van der Waals surface area contributed by atoms with Gasteiger partial charge in [-0.05, 0) is 79.7 Å². The van der Waals surface area contributed by atoms with Crippen molar-refractivity contribution in [3.05, 3.63) is 34.4 Å². The van der Waals surface area contributed by atoms with Gasteiger partial charge in [-0.2, -0.15) is 0 Å². The smallest absolute Gasteiger partial charge is 0.335 e. The van der Waals surface area contributed by atoms with Gasteiger partial charge < -0.3 is 19.0 Å². The Kier molecular flexibility index (Phi) is 4.37. The van der Waals surface area contributed by atoms with Crippen LogP contribution in [0.2, 0.25) is 0 Å². The predicted octanol–water partition coefficient (Wildman–Crippen LogP) is 3.80. The number of epoxide rings is 1. The number of hydrogen-bond donors (Lipinski definition) is 1. The van der Waals surface area contributed by atoms with E-state index in [-0.39, 0.29) is 46.2 Å².